The first-order chi connectivity index (χ1) is 5.38. The third-order valence-corrected chi connectivity index (χ3v) is 1.32. The summed E-state index contributed by atoms with van der Waals surface area (Å²) in [5.41, 5.74) is 0.611. The molecule has 0 aliphatic carbocycles. The van der Waals surface area contributed by atoms with E-state index in [2.05, 4.69) is 4.74 Å². The van der Waals surface area contributed by atoms with Crippen molar-refractivity contribution in [3.63, 3.8) is 0 Å². The van der Waals surface area contributed by atoms with Gasteiger partial charge in [-0.2, -0.15) is 0 Å². The van der Waals surface area contributed by atoms with E-state index in [0.29, 0.717) is 17.8 Å². The zero-order chi connectivity index (χ0) is 8.10. The Kier molecular flexibility index (Phi) is 2.63. The van der Waals surface area contributed by atoms with Gasteiger partial charge in [0.15, 0.2) is 0 Å². The molecule has 0 heterocycles. The van der Waals surface area contributed by atoms with Crippen LogP contribution in [0.1, 0.15) is 5.56 Å². The molecule has 58 valence electrons. The molecule has 1 rings (SSSR count). The highest BCUT2D eigenvalue weighted by molar-refractivity contribution is 5.47. The molecule has 1 aromatic rings. The predicted octanol–water partition coefficient (Wildman–Crippen LogP) is 0.714. The zero-order valence-electron chi connectivity index (χ0n) is 5.86. The van der Waals surface area contributed by atoms with Crippen molar-refractivity contribution >= 4 is 6.47 Å². The van der Waals surface area contributed by atoms with Gasteiger partial charge in [-0.15, -0.1) is 0 Å². The molecule has 0 fully saturated rings. The van der Waals surface area contributed by atoms with E-state index in [1.165, 1.54) is 0 Å². The van der Waals surface area contributed by atoms with E-state index in [-0.39, 0.29) is 6.61 Å². The lowest BCUT2D eigenvalue weighted by Gasteiger charge is -2.01. The predicted molar refractivity (Wildman–Crippen MR) is 39.1 cm³/mol. The third-order valence-electron chi connectivity index (χ3n) is 1.32. The summed E-state index contributed by atoms with van der Waals surface area (Å²) in [4.78, 5) is 9.94. The Morgan fingerprint density at radius 2 is 2.18 bits per heavy atom. The van der Waals surface area contributed by atoms with Crippen LogP contribution in [0.2, 0.25) is 0 Å². The normalized spacial score (nSPS) is 9.18. The van der Waals surface area contributed by atoms with E-state index in [4.69, 9.17) is 5.11 Å². The van der Waals surface area contributed by atoms with Gasteiger partial charge in [0.2, 0.25) is 0 Å². The Hall–Kier alpha value is -1.35. The Morgan fingerprint density at radius 3 is 2.82 bits per heavy atom. The molecule has 0 aromatic heterocycles. The number of aliphatic hydroxyl groups excluding tert-OH is 1. The van der Waals surface area contributed by atoms with Gasteiger partial charge in [-0.1, -0.05) is 18.2 Å². The zero-order valence-corrected chi connectivity index (χ0v) is 5.86. The monoisotopic (exact) mass is 152 g/mol. The summed E-state index contributed by atoms with van der Waals surface area (Å²) in [6, 6.07) is 6.82. The number of aliphatic hydroxyl groups is 1. The van der Waals surface area contributed by atoms with Gasteiger partial charge in [-0.3, -0.25) is 4.79 Å². The number of benzene rings is 1. The Morgan fingerprint density at radius 1 is 1.45 bits per heavy atom. The van der Waals surface area contributed by atoms with Crippen LogP contribution in [0, 0.1) is 0 Å². The van der Waals surface area contributed by atoms with Crippen LogP contribution in [0.3, 0.4) is 0 Å². The summed E-state index contributed by atoms with van der Waals surface area (Å²) in [6.07, 6.45) is 0. The minimum atomic E-state index is -0.121. The number of hydrogen-bond donors (Lipinski definition) is 1. The van der Waals surface area contributed by atoms with E-state index in [1.807, 2.05) is 0 Å². The highest BCUT2D eigenvalue weighted by atomic mass is 16.5. The molecule has 0 unspecified atom stereocenters. The van der Waals surface area contributed by atoms with Crippen LogP contribution in [0.15, 0.2) is 24.3 Å². The van der Waals surface area contributed by atoms with E-state index >= 15 is 0 Å². The Balaban J connectivity index is 2.92. The number of hydrogen-bond acceptors (Lipinski definition) is 3. The maximum atomic E-state index is 9.94. The largest absolute Gasteiger partial charge is 0.428 e. The van der Waals surface area contributed by atoms with Crippen molar-refractivity contribution in [1.29, 1.82) is 0 Å². The van der Waals surface area contributed by atoms with Gasteiger partial charge in [-0.05, 0) is 6.07 Å². The second-order valence-corrected chi connectivity index (χ2v) is 1.98. The lowest BCUT2D eigenvalue weighted by molar-refractivity contribution is -0.120. The maximum Gasteiger partial charge on any atom is 0.298 e. The van der Waals surface area contributed by atoms with Gasteiger partial charge < -0.3 is 9.84 Å². The molecule has 0 aliphatic heterocycles. The van der Waals surface area contributed by atoms with Crippen molar-refractivity contribution in [2.45, 2.75) is 6.61 Å². The minimum Gasteiger partial charge on any atom is -0.428 e. The van der Waals surface area contributed by atoms with Gasteiger partial charge in [0.05, 0.1) is 6.61 Å². The van der Waals surface area contributed by atoms with Gasteiger partial charge in [0.25, 0.3) is 6.47 Å². The fraction of sp³-hybridized carbons (Fsp3) is 0.125. The van der Waals surface area contributed by atoms with Crippen LogP contribution in [-0.4, -0.2) is 11.6 Å². The van der Waals surface area contributed by atoms with Crippen molar-refractivity contribution in [3.8, 4) is 5.75 Å². The maximum absolute atomic E-state index is 9.94. The molecule has 0 radical (unpaired) electrons. The number of rotatable bonds is 3. The number of para-hydroxylation sites is 1. The van der Waals surface area contributed by atoms with Crippen molar-refractivity contribution in [2.24, 2.45) is 0 Å². The number of carbonyl (C=O) groups is 1. The summed E-state index contributed by atoms with van der Waals surface area (Å²) in [6.45, 7) is 0.221. The SMILES string of the molecule is O=COc1ccccc1CO. The standard InChI is InChI=1S/C8H8O3/c9-5-7-3-1-2-4-8(7)11-6-10/h1-4,6,9H,5H2. The first-order valence-corrected chi connectivity index (χ1v) is 3.17. The third kappa shape index (κ3) is 1.78. The smallest absolute Gasteiger partial charge is 0.298 e. The summed E-state index contributed by atoms with van der Waals surface area (Å²) in [5, 5.41) is 8.75. The van der Waals surface area contributed by atoms with Crippen LogP contribution in [0.5, 0.6) is 5.75 Å². The van der Waals surface area contributed by atoms with Gasteiger partial charge in [0, 0.05) is 5.56 Å². The molecule has 0 spiro atoms. The average Bonchev–Trinajstić information content (AvgIpc) is 2.06. The lowest BCUT2D eigenvalue weighted by Crippen LogP contribution is -1.93. The second kappa shape index (κ2) is 3.73. The van der Waals surface area contributed by atoms with Crippen molar-refractivity contribution in [1.82, 2.24) is 0 Å². The fourth-order valence-corrected chi connectivity index (χ4v) is 0.801. The van der Waals surface area contributed by atoms with Crippen LogP contribution in [0.4, 0.5) is 0 Å². The number of carbonyl (C=O) groups excluding carboxylic acids is 1. The van der Waals surface area contributed by atoms with Gasteiger partial charge >= 0.3 is 0 Å². The van der Waals surface area contributed by atoms with E-state index in [1.54, 1.807) is 24.3 Å². The van der Waals surface area contributed by atoms with Crippen molar-refractivity contribution in [3.05, 3.63) is 29.8 Å². The minimum absolute atomic E-state index is 0.121. The van der Waals surface area contributed by atoms with Crippen molar-refractivity contribution in [2.75, 3.05) is 0 Å². The van der Waals surface area contributed by atoms with Crippen LogP contribution < -0.4 is 4.74 Å². The molecule has 0 atom stereocenters. The van der Waals surface area contributed by atoms with Crippen LogP contribution in [0.25, 0.3) is 0 Å². The van der Waals surface area contributed by atoms with Gasteiger partial charge in [-0.25, -0.2) is 0 Å². The highest BCUT2D eigenvalue weighted by Gasteiger charge is 1.98. The fourth-order valence-electron chi connectivity index (χ4n) is 0.801. The first-order valence-electron chi connectivity index (χ1n) is 3.17. The topological polar surface area (TPSA) is 46.5 Å². The average molecular weight is 152 g/mol. The summed E-state index contributed by atoms with van der Waals surface area (Å²) in [7, 11) is 0. The molecule has 1 N–H and O–H groups in total. The molecule has 1 aromatic carbocycles. The molecular formula is C8H8O3. The van der Waals surface area contributed by atoms with E-state index in [0.717, 1.165) is 0 Å². The quantitative estimate of drug-likeness (QED) is 0.649. The molecule has 0 amide bonds. The Bertz CT molecular complexity index is 245. The molecule has 3 heteroatoms. The van der Waals surface area contributed by atoms with E-state index < -0.39 is 0 Å². The summed E-state index contributed by atoms with van der Waals surface area (Å²) >= 11 is 0. The van der Waals surface area contributed by atoms with Gasteiger partial charge in [0.1, 0.15) is 5.75 Å². The molecule has 0 aliphatic rings. The van der Waals surface area contributed by atoms with Crippen LogP contribution in [-0.2, 0) is 11.4 Å². The highest BCUT2D eigenvalue weighted by Crippen LogP contribution is 2.16. The van der Waals surface area contributed by atoms with E-state index in [9.17, 15) is 4.79 Å². The first kappa shape index (κ1) is 7.75. The molecule has 0 bridgehead atoms. The molecule has 3 nitrogen and oxygen atoms in total. The number of ether oxygens (including phenoxy) is 1. The lowest BCUT2D eigenvalue weighted by atomic mass is 10.2. The van der Waals surface area contributed by atoms with Crippen LogP contribution >= 0.6 is 0 Å². The summed E-state index contributed by atoms with van der Waals surface area (Å²) in [5.74, 6) is 0.407. The molecule has 0 saturated heterocycles. The Labute approximate surface area is 64.2 Å². The van der Waals surface area contributed by atoms with Crippen molar-refractivity contribution < 1.29 is 14.6 Å². The second-order valence-electron chi connectivity index (χ2n) is 1.98. The molecule has 0 saturated carbocycles. The summed E-state index contributed by atoms with van der Waals surface area (Å²) < 4.78 is 4.59. The molecular weight excluding hydrogens is 144 g/mol. The molecule has 11 heavy (non-hydrogen) atoms.